The van der Waals surface area contributed by atoms with Crippen LogP contribution >= 0.6 is 11.3 Å². The van der Waals surface area contributed by atoms with E-state index in [-0.39, 0.29) is 18.4 Å². The van der Waals surface area contributed by atoms with Gasteiger partial charge in [-0.3, -0.25) is 9.59 Å². The van der Waals surface area contributed by atoms with Gasteiger partial charge in [-0.05, 0) is 12.5 Å². The Kier molecular flexibility index (Phi) is 3.33. The van der Waals surface area contributed by atoms with Crippen molar-refractivity contribution in [3.05, 3.63) is 28.6 Å². The Morgan fingerprint density at radius 2 is 2.10 bits per heavy atom. The minimum Gasteiger partial charge on any atom is -0.397 e. The van der Waals surface area contributed by atoms with Crippen molar-refractivity contribution < 1.29 is 9.59 Å². The van der Waals surface area contributed by atoms with E-state index in [9.17, 15) is 9.59 Å². The molecule has 0 saturated carbocycles. The number of hydrogen-bond acceptors (Lipinski definition) is 4. The Bertz CT molecular complexity index is 738. The van der Waals surface area contributed by atoms with E-state index >= 15 is 0 Å². The lowest BCUT2D eigenvalue weighted by Gasteiger charge is -2.31. The summed E-state index contributed by atoms with van der Waals surface area (Å²) in [5.41, 5.74) is 7.78. The zero-order valence-corrected chi connectivity index (χ0v) is 12.9. The normalized spacial score (nSPS) is 15.8. The third-order valence-electron chi connectivity index (χ3n) is 3.89. The molecule has 0 atom stereocenters. The first kappa shape index (κ1) is 13.9. The summed E-state index contributed by atoms with van der Waals surface area (Å²) in [5, 5.41) is 0.920. The number of carbonyl (C=O) groups is 2. The smallest absolute Gasteiger partial charge is 0.266 e. The Labute approximate surface area is 126 Å². The van der Waals surface area contributed by atoms with Crippen molar-refractivity contribution in [2.75, 3.05) is 32.4 Å². The highest BCUT2D eigenvalue weighted by molar-refractivity contribution is 7.21. The van der Waals surface area contributed by atoms with Gasteiger partial charge in [0.25, 0.3) is 5.91 Å². The second-order valence-corrected chi connectivity index (χ2v) is 6.36. The Hall–Kier alpha value is -2.08. The van der Waals surface area contributed by atoms with Gasteiger partial charge in [-0.15, -0.1) is 11.3 Å². The van der Waals surface area contributed by atoms with E-state index in [1.165, 1.54) is 11.3 Å². The molecule has 0 bridgehead atoms. The fourth-order valence-corrected chi connectivity index (χ4v) is 3.67. The molecule has 1 saturated heterocycles. The minimum atomic E-state index is -0.144. The molecule has 2 heterocycles. The van der Waals surface area contributed by atoms with Crippen LogP contribution in [0, 0.1) is 6.92 Å². The number of nitrogens with two attached hydrogens (primary N) is 1. The van der Waals surface area contributed by atoms with Crippen LogP contribution in [-0.2, 0) is 4.79 Å². The van der Waals surface area contributed by atoms with Gasteiger partial charge in [0.05, 0.1) is 5.69 Å². The minimum absolute atomic E-state index is 0.0366. The highest BCUT2D eigenvalue weighted by atomic mass is 32.1. The van der Waals surface area contributed by atoms with Crippen LogP contribution in [0.4, 0.5) is 5.69 Å². The number of nitrogen functional groups attached to an aromatic ring is 1. The van der Waals surface area contributed by atoms with E-state index in [2.05, 4.69) is 0 Å². The van der Waals surface area contributed by atoms with Crippen LogP contribution in [-0.4, -0.2) is 48.3 Å². The number of anilines is 1. The van der Waals surface area contributed by atoms with E-state index in [0.717, 1.165) is 15.6 Å². The molecule has 1 aromatic carbocycles. The van der Waals surface area contributed by atoms with Gasteiger partial charge < -0.3 is 15.5 Å². The van der Waals surface area contributed by atoms with Crippen molar-refractivity contribution in [3.63, 3.8) is 0 Å². The molecule has 21 heavy (non-hydrogen) atoms. The number of rotatable bonds is 1. The molecule has 6 heteroatoms. The molecule has 1 aliphatic rings. The fourth-order valence-electron chi connectivity index (χ4n) is 2.51. The van der Waals surface area contributed by atoms with Crippen LogP contribution in [0.15, 0.2) is 18.2 Å². The Morgan fingerprint density at radius 3 is 2.76 bits per heavy atom. The van der Waals surface area contributed by atoms with Gasteiger partial charge in [0.1, 0.15) is 11.4 Å². The quantitative estimate of drug-likeness (QED) is 0.872. The zero-order chi connectivity index (χ0) is 15.1. The van der Waals surface area contributed by atoms with Gasteiger partial charge in [-0.25, -0.2) is 0 Å². The predicted molar refractivity (Wildman–Crippen MR) is 84.5 cm³/mol. The molecule has 1 aromatic heterocycles. The van der Waals surface area contributed by atoms with Gasteiger partial charge in [-0.1, -0.05) is 18.2 Å². The molecule has 0 aliphatic carbocycles. The van der Waals surface area contributed by atoms with Crippen molar-refractivity contribution >= 4 is 38.9 Å². The summed E-state index contributed by atoms with van der Waals surface area (Å²) in [6.07, 6.45) is 0. The molecular weight excluding hydrogens is 286 g/mol. The van der Waals surface area contributed by atoms with Crippen LogP contribution < -0.4 is 5.73 Å². The molecule has 3 rings (SSSR count). The van der Waals surface area contributed by atoms with Crippen LogP contribution in [0.3, 0.4) is 0 Å². The van der Waals surface area contributed by atoms with Gasteiger partial charge in [0, 0.05) is 30.2 Å². The van der Waals surface area contributed by atoms with E-state index in [4.69, 9.17) is 5.73 Å². The van der Waals surface area contributed by atoms with Crippen LogP contribution in [0.1, 0.15) is 15.2 Å². The molecule has 1 fully saturated rings. The third-order valence-corrected chi connectivity index (χ3v) is 5.23. The van der Waals surface area contributed by atoms with E-state index in [0.29, 0.717) is 23.7 Å². The van der Waals surface area contributed by atoms with Gasteiger partial charge in [0.2, 0.25) is 5.91 Å². The first-order chi connectivity index (χ1) is 9.99. The second-order valence-electron chi connectivity index (χ2n) is 5.34. The zero-order valence-electron chi connectivity index (χ0n) is 12.0. The number of thiophene rings is 1. The fraction of sp³-hybridized carbons (Fsp3) is 0.333. The molecular formula is C15H17N3O2S. The van der Waals surface area contributed by atoms with E-state index in [1.54, 1.807) is 16.8 Å². The molecule has 2 aromatic rings. The van der Waals surface area contributed by atoms with E-state index < -0.39 is 0 Å². The number of carbonyl (C=O) groups excluding carboxylic acids is 2. The summed E-state index contributed by atoms with van der Waals surface area (Å²) < 4.78 is 1.04. The maximum atomic E-state index is 12.6. The van der Waals surface area contributed by atoms with Crippen LogP contribution in [0.25, 0.3) is 10.1 Å². The lowest BCUT2D eigenvalue weighted by Crippen LogP contribution is -2.50. The number of fused-ring (bicyclic) bond motifs is 1. The van der Waals surface area contributed by atoms with Crippen molar-refractivity contribution in [1.29, 1.82) is 0 Å². The topological polar surface area (TPSA) is 66.6 Å². The predicted octanol–water partition coefficient (Wildman–Crippen LogP) is 1.71. The lowest BCUT2D eigenvalue weighted by molar-refractivity contribution is -0.133. The average Bonchev–Trinajstić information content (AvgIpc) is 2.80. The number of hydrogen-bond donors (Lipinski definition) is 1. The summed E-state index contributed by atoms with van der Waals surface area (Å²) >= 11 is 1.41. The Balaban J connectivity index is 1.97. The summed E-state index contributed by atoms with van der Waals surface area (Å²) in [6.45, 7) is 3.25. The lowest BCUT2D eigenvalue weighted by atomic mass is 10.1. The molecule has 110 valence electrons. The maximum absolute atomic E-state index is 12.6. The van der Waals surface area contributed by atoms with Crippen molar-refractivity contribution in [2.45, 2.75) is 6.92 Å². The summed E-state index contributed by atoms with van der Waals surface area (Å²) in [7, 11) is 1.75. The summed E-state index contributed by atoms with van der Waals surface area (Å²) in [6, 6.07) is 5.88. The monoisotopic (exact) mass is 303 g/mol. The largest absolute Gasteiger partial charge is 0.397 e. The number of piperazine rings is 1. The number of likely N-dealkylation sites (N-methyl/N-ethyl adjacent to an activating group) is 1. The highest BCUT2D eigenvalue weighted by Gasteiger charge is 2.28. The SMILES string of the molecule is Cc1cccc2c(N)c(C(=O)N3CCN(C)C(=O)C3)sc12. The van der Waals surface area contributed by atoms with Gasteiger partial charge in [0.15, 0.2) is 0 Å². The van der Waals surface area contributed by atoms with Crippen molar-refractivity contribution in [3.8, 4) is 0 Å². The standard InChI is InChI=1S/C15H17N3O2S/c1-9-4-3-5-10-12(16)14(21-13(9)10)15(20)18-7-6-17(2)11(19)8-18/h3-5H,6-8,16H2,1-2H3. The van der Waals surface area contributed by atoms with E-state index in [1.807, 2.05) is 25.1 Å². The molecule has 0 spiro atoms. The molecule has 2 amide bonds. The molecule has 5 nitrogen and oxygen atoms in total. The highest BCUT2D eigenvalue weighted by Crippen LogP contribution is 2.36. The van der Waals surface area contributed by atoms with Crippen molar-refractivity contribution in [2.24, 2.45) is 0 Å². The Morgan fingerprint density at radius 1 is 1.33 bits per heavy atom. The molecule has 1 aliphatic heterocycles. The molecule has 0 radical (unpaired) electrons. The second kappa shape index (κ2) is 5.04. The van der Waals surface area contributed by atoms with Crippen LogP contribution in [0.2, 0.25) is 0 Å². The molecule has 0 unspecified atom stereocenters. The number of amides is 2. The first-order valence-corrected chi connectivity index (χ1v) is 7.61. The number of aryl methyl sites for hydroxylation is 1. The van der Waals surface area contributed by atoms with Gasteiger partial charge >= 0.3 is 0 Å². The van der Waals surface area contributed by atoms with Crippen LogP contribution in [0.5, 0.6) is 0 Å². The van der Waals surface area contributed by atoms with Crippen molar-refractivity contribution in [1.82, 2.24) is 9.80 Å². The first-order valence-electron chi connectivity index (χ1n) is 6.80. The summed E-state index contributed by atoms with van der Waals surface area (Å²) in [5.74, 6) is -0.181. The number of nitrogens with zero attached hydrogens (tertiary/aromatic N) is 2. The van der Waals surface area contributed by atoms with Gasteiger partial charge in [-0.2, -0.15) is 0 Å². The number of benzene rings is 1. The average molecular weight is 303 g/mol. The summed E-state index contributed by atoms with van der Waals surface area (Å²) in [4.78, 5) is 28.2. The third kappa shape index (κ3) is 2.25. The maximum Gasteiger partial charge on any atom is 0.266 e. The molecule has 2 N–H and O–H groups in total.